The highest BCUT2D eigenvalue weighted by molar-refractivity contribution is 7.13. The van der Waals surface area contributed by atoms with Crippen LogP contribution in [0.1, 0.15) is 11.5 Å². The number of halogens is 1. The molecule has 0 saturated heterocycles. The largest absolute Gasteiger partial charge is 0.350 e. The van der Waals surface area contributed by atoms with Crippen LogP contribution in [0.15, 0.2) is 42.0 Å². The summed E-state index contributed by atoms with van der Waals surface area (Å²) in [5.41, 5.74) is 2.36. The quantitative estimate of drug-likeness (QED) is 0.551. The lowest BCUT2D eigenvalue weighted by atomic mass is 10.3. The van der Waals surface area contributed by atoms with Crippen molar-refractivity contribution >= 4 is 39.9 Å². The highest BCUT2D eigenvalue weighted by atomic mass is 35.5. The molecule has 7 nitrogen and oxygen atoms in total. The standard InChI is InChI=1S/C17H13ClN6OS/c18-10-2-3-12-13(6-10)24-14(23-12)7-15(25)21-8-11-9-26-17(22-11)16-19-4-1-5-20-16/h1-6,9H,7-8H2,(H,21,25)(H,23,24). The smallest absolute Gasteiger partial charge is 0.227 e. The van der Waals surface area contributed by atoms with Gasteiger partial charge in [0.05, 0.1) is 29.7 Å². The van der Waals surface area contributed by atoms with Crippen LogP contribution in [0.4, 0.5) is 0 Å². The molecule has 4 rings (SSSR count). The van der Waals surface area contributed by atoms with Crippen molar-refractivity contribution in [2.24, 2.45) is 0 Å². The van der Waals surface area contributed by atoms with Gasteiger partial charge in [-0.3, -0.25) is 4.79 Å². The number of fused-ring (bicyclic) bond motifs is 1. The predicted molar refractivity (Wildman–Crippen MR) is 99.8 cm³/mol. The lowest BCUT2D eigenvalue weighted by Gasteiger charge is -2.01. The van der Waals surface area contributed by atoms with E-state index >= 15 is 0 Å². The minimum absolute atomic E-state index is 0.138. The Hall–Kier alpha value is -2.84. The molecular formula is C17H13ClN6OS. The summed E-state index contributed by atoms with van der Waals surface area (Å²) in [6.07, 6.45) is 3.50. The van der Waals surface area contributed by atoms with Gasteiger partial charge in [-0.05, 0) is 24.3 Å². The molecule has 0 radical (unpaired) electrons. The maximum atomic E-state index is 12.2. The van der Waals surface area contributed by atoms with Gasteiger partial charge in [-0.2, -0.15) is 0 Å². The number of carbonyl (C=O) groups is 1. The van der Waals surface area contributed by atoms with Crippen LogP contribution in [-0.2, 0) is 17.8 Å². The average molecular weight is 385 g/mol. The third-order valence-corrected chi connectivity index (χ3v) is 4.72. The number of carbonyl (C=O) groups excluding carboxylic acids is 1. The van der Waals surface area contributed by atoms with Crippen molar-refractivity contribution in [3.8, 4) is 10.8 Å². The molecule has 0 aliphatic heterocycles. The summed E-state index contributed by atoms with van der Waals surface area (Å²) in [7, 11) is 0. The number of imidazole rings is 1. The van der Waals surface area contributed by atoms with Gasteiger partial charge in [0.1, 0.15) is 5.82 Å². The number of amides is 1. The van der Waals surface area contributed by atoms with Crippen LogP contribution < -0.4 is 5.32 Å². The first kappa shape index (κ1) is 16.6. The average Bonchev–Trinajstić information content (AvgIpc) is 3.27. The van der Waals surface area contributed by atoms with Crippen molar-refractivity contribution in [3.63, 3.8) is 0 Å². The Bertz CT molecular complexity index is 1060. The molecule has 3 aromatic heterocycles. The molecular weight excluding hydrogens is 372 g/mol. The summed E-state index contributed by atoms with van der Waals surface area (Å²) >= 11 is 7.40. The molecule has 0 saturated carbocycles. The van der Waals surface area contributed by atoms with E-state index in [0.717, 1.165) is 21.7 Å². The van der Waals surface area contributed by atoms with E-state index in [4.69, 9.17) is 11.6 Å². The molecule has 0 fully saturated rings. The fraction of sp³-hybridized carbons (Fsp3) is 0.118. The van der Waals surface area contributed by atoms with Crippen molar-refractivity contribution in [2.75, 3.05) is 0 Å². The van der Waals surface area contributed by atoms with E-state index in [0.29, 0.717) is 23.2 Å². The van der Waals surface area contributed by atoms with Crippen LogP contribution >= 0.6 is 22.9 Å². The zero-order valence-corrected chi connectivity index (χ0v) is 15.0. The van der Waals surface area contributed by atoms with Crippen molar-refractivity contribution in [1.29, 1.82) is 0 Å². The lowest BCUT2D eigenvalue weighted by Crippen LogP contribution is -2.25. The summed E-state index contributed by atoms with van der Waals surface area (Å²) in [6, 6.07) is 7.13. The second kappa shape index (κ2) is 7.19. The summed E-state index contributed by atoms with van der Waals surface area (Å²) < 4.78 is 0. The normalized spacial score (nSPS) is 11.0. The van der Waals surface area contributed by atoms with E-state index in [1.807, 2.05) is 11.4 Å². The van der Waals surface area contributed by atoms with Gasteiger partial charge in [-0.25, -0.2) is 19.9 Å². The van der Waals surface area contributed by atoms with E-state index < -0.39 is 0 Å². The van der Waals surface area contributed by atoms with E-state index in [1.165, 1.54) is 11.3 Å². The van der Waals surface area contributed by atoms with Gasteiger partial charge in [0.25, 0.3) is 0 Å². The number of benzene rings is 1. The van der Waals surface area contributed by atoms with Gasteiger partial charge in [0.2, 0.25) is 5.91 Å². The molecule has 1 aromatic carbocycles. The molecule has 26 heavy (non-hydrogen) atoms. The first-order valence-corrected chi connectivity index (χ1v) is 9.06. The number of nitrogens with zero attached hydrogens (tertiary/aromatic N) is 4. The Balaban J connectivity index is 1.37. The number of hydrogen-bond acceptors (Lipinski definition) is 6. The van der Waals surface area contributed by atoms with E-state index in [-0.39, 0.29) is 12.3 Å². The Morgan fingerprint density at radius 2 is 2.08 bits per heavy atom. The molecule has 2 N–H and O–H groups in total. The number of rotatable bonds is 5. The molecule has 3 heterocycles. The topological polar surface area (TPSA) is 96.5 Å². The van der Waals surface area contributed by atoms with Crippen molar-refractivity contribution in [3.05, 3.63) is 58.6 Å². The van der Waals surface area contributed by atoms with Crippen molar-refractivity contribution in [2.45, 2.75) is 13.0 Å². The number of thiazole rings is 1. The predicted octanol–water partition coefficient (Wildman–Crippen LogP) is 2.99. The van der Waals surface area contributed by atoms with E-state index in [2.05, 4.69) is 30.2 Å². The van der Waals surface area contributed by atoms with Crippen LogP contribution in [0.25, 0.3) is 21.9 Å². The van der Waals surface area contributed by atoms with Gasteiger partial charge < -0.3 is 10.3 Å². The first-order chi connectivity index (χ1) is 12.7. The Kier molecular flexibility index (Phi) is 4.59. The summed E-state index contributed by atoms with van der Waals surface area (Å²) in [4.78, 5) is 32.4. The number of hydrogen-bond donors (Lipinski definition) is 2. The molecule has 0 spiro atoms. The number of nitrogens with one attached hydrogen (secondary N) is 2. The molecule has 4 aromatic rings. The molecule has 0 aliphatic carbocycles. The molecule has 1 amide bonds. The fourth-order valence-electron chi connectivity index (χ4n) is 2.42. The molecule has 130 valence electrons. The second-order valence-electron chi connectivity index (χ2n) is 5.51. The Morgan fingerprint density at radius 3 is 2.92 bits per heavy atom. The molecule has 0 unspecified atom stereocenters. The van der Waals surface area contributed by atoms with Crippen molar-refractivity contribution in [1.82, 2.24) is 30.2 Å². The van der Waals surface area contributed by atoms with Gasteiger partial charge in [-0.1, -0.05) is 11.6 Å². The maximum absolute atomic E-state index is 12.2. The minimum atomic E-state index is -0.138. The van der Waals surface area contributed by atoms with Gasteiger partial charge >= 0.3 is 0 Å². The first-order valence-electron chi connectivity index (χ1n) is 7.80. The molecule has 0 aliphatic rings. The molecule has 0 atom stereocenters. The van der Waals surface area contributed by atoms with E-state index in [9.17, 15) is 4.79 Å². The number of aromatic nitrogens is 5. The fourth-order valence-corrected chi connectivity index (χ4v) is 3.36. The summed E-state index contributed by atoms with van der Waals surface area (Å²) in [5, 5.41) is 6.08. The van der Waals surface area contributed by atoms with Gasteiger partial charge in [0.15, 0.2) is 10.8 Å². The highest BCUT2D eigenvalue weighted by Crippen LogP contribution is 2.19. The maximum Gasteiger partial charge on any atom is 0.227 e. The summed E-state index contributed by atoms with van der Waals surface area (Å²) in [5.74, 6) is 1.04. The third kappa shape index (κ3) is 3.71. The summed E-state index contributed by atoms with van der Waals surface area (Å²) in [6.45, 7) is 0.341. The van der Waals surface area contributed by atoms with E-state index in [1.54, 1.807) is 30.6 Å². The van der Waals surface area contributed by atoms with Crippen LogP contribution in [0.3, 0.4) is 0 Å². The monoisotopic (exact) mass is 384 g/mol. The second-order valence-corrected chi connectivity index (χ2v) is 6.81. The SMILES string of the molecule is O=C(Cc1nc2ccc(Cl)cc2[nH]1)NCc1csc(-c2ncccn2)n1. The third-order valence-electron chi connectivity index (χ3n) is 3.60. The van der Waals surface area contributed by atoms with Gasteiger partial charge in [0, 0.05) is 22.8 Å². The Morgan fingerprint density at radius 1 is 1.23 bits per heavy atom. The van der Waals surface area contributed by atoms with Gasteiger partial charge in [-0.15, -0.1) is 11.3 Å². The zero-order valence-electron chi connectivity index (χ0n) is 13.4. The molecule has 0 bridgehead atoms. The zero-order chi connectivity index (χ0) is 17.9. The Labute approximate surface area is 157 Å². The minimum Gasteiger partial charge on any atom is -0.350 e. The number of aromatic amines is 1. The molecule has 9 heteroatoms. The highest BCUT2D eigenvalue weighted by Gasteiger charge is 2.11. The lowest BCUT2D eigenvalue weighted by molar-refractivity contribution is -0.120. The van der Waals surface area contributed by atoms with Crippen LogP contribution in [0.5, 0.6) is 0 Å². The van der Waals surface area contributed by atoms with Crippen LogP contribution in [0, 0.1) is 0 Å². The van der Waals surface area contributed by atoms with Crippen LogP contribution in [-0.4, -0.2) is 30.8 Å². The number of H-pyrrole nitrogens is 1. The van der Waals surface area contributed by atoms with Crippen LogP contribution in [0.2, 0.25) is 5.02 Å². The van der Waals surface area contributed by atoms with Crippen molar-refractivity contribution < 1.29 is 4.79 Å².